The molecule has 10 heteroatoms. The molecule has 1 N–H and O–H groups in total. The third-order valence-corrected chi connectivity index (χ3v) is 7.57. The number of halogens is 1. The van der Waals surface area contributed by atoms with Crippen molar-refractivity contribution in [1.29, 1.82) is 0 Å². The third-order valence-electron chi connectivity index (χ3n) is 6.21. The van der Waals surface area contributed by atoms with Gasteiger partial charge in [0.1, 0.15) is 18.3 Å². The highest BCUT2D eigenvalue weighted by Gasteiger charge is 2.33. The van der Waals surface area contributed by atoms with Crippen molar-refractivity contribution in [3.8, 4) is 5.75 Å². The van der Waals surface area contributed by atoms with E-state index in [-0.39, 0.29) is 35.3 Å². The lowest BCUT2D eigenvalue weighted by Crippen LogP contribution is -2.53. The molecule has 0 saturated heterocycles. The molecule has 0 unspecified atom stereocenters. The number of carbonyl (C=O) groups is 2. The SMILES string of the molecule is CNC(=O)[C@H](Cc1ccccc1)N(Cc1ccccc1C)C(=O)CN(c1cc(Cl)ccc1OC)S(C)(=O)=O. The molecule has 0 radical (unpaired) electrons. The number of ether oxygens (including phenoxy) is 1. The second-order valence-electron chi connectivity index (χ2n) is 8.85. The highest BCUT2D eigenvalue weighted by atomic mass is 35.5. The number of sulfonamides is 1. The van der Waals surface area contributed by atoms with E-state index in [0.717, 1.165) is 27.3 Å². The highest BCUT2D eigenvalue weighted by Crippen LogP contribution is 2.33. The predicted molar refractivity (Wildman–Crippen MR) is 150 cm³/mol. The molecule has 8 nitrogen and oxygen atoms in total. The first kappa shape index (κ1) is 29.0. The molecule has 3 rings (SSSR count). The zero-order valence-electron chi connectivity index (χ0n) is 21.8. The fraction of sp³-hybridized carbons (Fsp3) is 0.286. The van der Waals surface area contributed by atoms with Gasteiger partial charge >= 0.3 is 0 Å². The predicted octanol–water partition coefficient (Wildman–Crippen LogP) is 3.81. The zero-order chi connectivity index (χ0) is 27.9. The standard InChI is InChI=1S/C28H32ClN3O5S/c1-20-10-8-9-13-22(20)18-31(25(28(34)30-2)16-21-11-6-5-7-12-21)27(33)19-32(38(4,35)36)24-17-23(29)14-15-26(24)37-3/h5-15,17,25H,16,18-19H2,1-4H3,(H,30,34)/t25-/m0/s1. The summed E-state index contributed by atoms with van der Waals surface area (Å²) < 4.78 is 32.1. The Hall–Kier alpha value is -3.56. The van der Waals surface area contributed by atoms with E-state index in [1.165, 1.54) is 31.2 Å². The van der Waals surface area contributed by atoms with E-state index in [0.29, 0.717) is 0 Å². The fourth-order valence-corrected chi connectivity index (χ4v) is 5.16. The van der Waals surface area contributed by atoms with Gasteiger partial charge in [-0.15, -0.1) is 0 Å². The summed E-state index contributed by atoms with van der Waals surface area (Å²) in [5.74, 6) is -0.669. The van der Waals surface area contributed by atoms with E-state index in [1.807, 2.05) is 61.5 Å². The topological polar surface area (TPSA) is 96.0 Å². The van der Waals surface area contributed by atoms with Gasteiger partial charge in [0.15, 0.2) is 0 Å². The van der Waals surface area contributed by atoms with Gasteiger partial charge in [-0.1, -0.05) is 66.2 Å². The van der Waals surface area contributed by atoms with Gasteiger partial charge in [-0.2, -0.15) is 0 Å². The number of benzene rings is 3. The fourth-order valence-electron chi connectivity index (χ4n) is 4.14. The van der Waals surface area contributed by atoms with Crippen molar-refractivity contribution in [3.05, 3.63) is 94.5 Å². The molecule has 38 heavy (non-hydrogen) atoms. The van der Waals surface area contributed by atoms with Crippen molar-refractivity contribution < 1.29 is 22.7 Å². The Bertz CT molecular complexity index is 1380. The van der Waals surface area contributed by atoms with Crippen LogP contribution in [-0.2, 0) is 32.6 Å². The van der Waals surface area contributed by atoms with Gasteiger partial charge in [-0.3, -0.25) is 13.9 Å². The Morgan fingerprint density at radius 3 is 2.29 bits per heavy atom. The number of rotatable bonds is 11. The Morgan fingerprint density at radius 1 is 1.03 bits per heavy atom. The molecule has 0 aliphatic heterocycles. The van der Waals surface area contributed by atoms with E-state index in [9.17, 15) is 18.0 Å². The molecule has 3 aromatic carbocycles. The summed E-state index contributed by atoms with van der Waals surface area (Å²) in [7, 11) is -1.03. The minimum Gasteiger partial charge on any atom is -0.495 e. The van der Waals surface area contributed by atoms with Crippen LogP contribution in [0.5, 0.6) is 5.75 Å². The maximum atomic E-state index is 14.0. The largest absolute Gasteiger partial charge is 0.495 e. The van der Waals surface area contributed by atoms with Crippen LogP contribution in [0.1, 0.15) is 16.7 Å². The lowest BCUT2D eigenvalue weighted by molar-refractivity contribution is -0.139. The van der Waals surface area contributed by atoms with Crippen molar-refractivity contribution in [2.75, 3.05) is 31.3 Å². The van der Waals surface area contributed by atoms with Crippen LogP contribution in [0.15, 0.2) is 72.8 Å². The number of carbonyl (C=O) groups excluding carboxylic acids is 2. The average molecular weight is 558 g/mol. The summed E-state index contributed by atoms with van der Waals surface area (Å²) in [5, 5.41) is 2.94. The van der Waals surface area contributed by atoms with E-state index in [1.54, 1.807) is 6.07 Å². The third kappa shape index (κ3) is 7.26. The van der Waals surface area contributed by atoms with Gasteiger partial charge in [-0.05, 0) is 41.8 Å². The van der Waals surface area contributed by atoms with Crippen LogP contribution in [-0.4, -0.2) is 58.1 Å². The van der Waals surface area contributed by atoms with Gasteiger partial charge in [0.25, 0.3) is 0 Å². The van der Waals surface area contributed by atoms with Gasteiger partial charge in [0, 0.05) is 25.0 Å². The van der Waals surface area contributed by atoms with Crippen molar-refractivity contribution >= 4 is 39.1 Å². The smallest absolute Gasteiger partial charge is 0.244 e. The van der Waals surface area contributed by atoms with Crippen LogP contribution in [0.3, 0.4) is 0 Å². The van der Waals surface area contributed by atoms with Crippen LogP contribution in [0.4, 0.5) is 5.69 Å². The molecule has 0 aliphatic rings. The van der Waals surface area contributed by atoms with E-state index < -0.39 is 28.5 Å². The van der Waals surface area contributed by atoms with E-state index in [4.69, 9.17) is 16.3 Å². The van der Waals surface area contributed by atoms with E-state index >= 15 is 0 Å². The molecule has 2 amide bonds. The molecule has 0 bridgehead atoms. The monoisotopic (exact) mass is 557 g/mol. The minimum absolute atomic E-state index is 0.112. The van der Waals surface area contributed by atoms with Crippen LogP contribution in [0.2, 0.25) is 5.02 Å². The summed E-state index contributed by atoms with van der Waals surface area (Å²) in [4.78, 5) is 28.6. The molecule has 1 atom stereocenters. The molecule has 0 fully saturated rings. The lowest BCUT2D eigenvalue weighted by Gasteiger charge is -2.33. The maximum Gasteiger partial charge on any atom is 0.244 e. The van der Waals surface area contributed by atoms with Crippen LogP contribution < -0.4 is 14.4 Å². The summed E-state index contributed by atoms with van der Waals surface area (Å²) in [6.45, 7) is 1.48. The number of amides is 2. The van der Waals surface area contributed by atoms with E-state index in [2.05, 4.69) is 5.32 Å². The number of hydrogen-bond donors (Lipinski definition) is 1. The van der Waals surface area contributed by atoms with Crippen molar-refractivity contribution in [2.24, 2.45) is 0 Å². The number of nitrogens with zero attached hydrogens (tertiary/aromatic N) is 2. The Morgan fingerprint density at radius 2 is 1.68 bits per heavy atom. The molecule has 3 aromatic rings. The summed E-state index contributed by atoms with van der Waals surface area (Å²) in [5.41, 5.74) is 2.78. The molecular weight excluding hydrogens is 526 g/mol. The molecule has 0 saturated carbocycles. The Labute approximate surface area is 229 Å². The highest BCUT2D eigenvalue weighted by molar-refractivity contribution is 7.92. The first-order chi connectivity index (χ1) is 18.0. The second kappa shape index (κ2) is 12.8. The van der Waals surface area contributed by atoms with Crippen molar-refractivity contribution in [2.45, 2.75) is 25.9 Å². The maximum absolute atomic E-state index is 14.0. The number of nitrogens with one attached hydrogen (secondary N) is 1. The number of aryl methyl sites for hydroxylation is 1. The number of hydrogen-bond acceptors (Lipinski definition) is 5. The van der Waals surface area contributed by atoms with Gasteiger partial charge in [-0.25, -0.2) is 8.42 Å². The number of anilines is 1. The van der Waals surface area contributed by atoms with Gasteiger partial charge in [0.2, 0.25) is 21.8 Å². The first-order valence-corrected chi connectivity index (χ1v) is 14.2. The van der Waals surface area contributed by atoms with Crippen LogP contribution in [0, 0.1) is 6.92 Å². The van der Waals surface area contributed by atoms with Crippen molar-refractivity contribution in [3.63, 3.8) is 0 Å². The normalized spacial score (nSPS) is 11.9. The molecule has 0 aliphatic carbocycles. The molecule has 0 aromatic heterocycles. The Balaban J connectivity index is 2.08. The quantitative estimate of drug-likeness (QED) is 0.387. The number of likely N-dealkylation sites (N-methyl/N-ethyl adjacent to an activating group) is 1. The van der Waals surface area contributed by atoms with Gasteiger partial charge < -0.3 is 15.0 Å². The molecule has 0 spiro atoms. The minimum atomic E-state index is -3.94. The van der Waals surface area contributed by atoms with Crippen molar-refractivity contribution in [1.82, 2.24) is 10.2 Å². The zero-order valence-corrected chi connectivity index (χ0v) is 23.4. The molecular formula is C28H32ClN3O5S. The summed E-state index contributed by atoms with van der Waals surface area (Å²) >= 11 is 6.17. The molecule has 0 heterocycles. The first-order valence-electron chi connectivity index (χ1n) is 12.0. The Kier molecular flexibility index (Phi) is 9.77. The lowest BCUT2D eigenvalue weighted by atomic mass is 10.0. The van der Waals surface area contributed by atoms with Gasteiger partial charge in [0.05, 0.1) is 19.1 Å². The molecule has 202 valence electrons. The van der Waals surface area contributed by atoms with Crippen LogP contribution >= 0.6 is 11.6 Å². The average Bonchev–Trinajstić information content (AvgIpc) is 2.89. The number of methoxy groups -OCH3 is 1. The second-order valence-corrected chi connectivity index (χ2v) is 11.2. The summed E-state index contributed by atoms with van der Waals surface area (Å²) in [6.07, 6.45) is 1.25. The summed E-state index contributed by atoms with van der Waals surface area (Å²) in [6, 6.07) is 20.6. The van der Waals surface area contributed by atoms with Crippen LogP contribution in [0.25, 0.3) is 0 Å².